The van der Waals surface area contributed by atoms with Crippen LogP contribution in [0.3, 0.4) is 0 Å². The Kier molecular flexibility index (Phi) is 10.0. The Morgan fingerprint density at radius 1 is 1.00 bits per heavy atom. The van der Waals surface area contributed by atoms with E-state index in [9.17, 15) is 18.0 Å². The van der Waals surface area contributed by atoms with Crippen LogP contribution >= 0.6 is 23.2 Å². The van der Waals surface area contributed by atoms with E-state index in [1.165, 1.54) is 30.1 Å². The number of rotatable bonds is 11. The molecule has 0 spiro atoms. The van der Waals surface area contributed by atoms with Gasteiger partial charge in [0.25, 0.3) is 10.0 Å². The smallest absolute Gasteiger partial charge is 0.264 e. The number of nitrogens with zero attached hydrogens (tertiary/aromatic N) is 2. The first-order chi connectivity index (χ1) is 18.1. The summed E-state index contributed by atoms with van der Waals surface area (Å²) < 4.78 is 33.9. The highest BCUT2D eigenvalue weighted by atomic mass is 35.5. The molecule has 0 aliphatic heterocycles. The van der Waals surface area contributed by atoms with Crippen LogP contribution in [0.15, 0.2) is 77.7 Å². The van der Waals surface area contributed by atoms with E-state index in [1.54, 1.807) is 61.5 Å². The maximum absolute atomic E-state index is 13.8. The van der Waals surface area contributed by atoms with E-state index >= 15 is 0 Å². The Bertz CT molecular complexity index is 1370. The van der Waals surface area contributed by atoms with Crippen molar-refractivity contribution in [2.24, 2.45) is 0 Å². The lowest BCUT2D eigenvalue weighted by Crippen LogP contribution is -2.50. The number of hydrogen-bond donors (Lipinski definition) is 1. The molecule has 8 nitrogen and oxygen atoms in total. The first-order valence-corrected chi connectivity index (χ1v) is 14.0. The Morgan fingerprint density at radius 3 is 2.24 bits per heavy atom. The normalized spacial score (nSPS) is 11.9. The number of likely N-dealkylation sites (N-methyl/N-ethyl adjacent to an activating group) is 1. The number of benzene rings is 3. The fraction of sp³-hybridized carbons (Fsp3) is 0.259. The van der Waals surface area contributed by atoms with Crippen LogP contribution in [0.25, 0.3) is 0 Å². The number of carbonyl (C=O) groups excluding carboxylic acids is 2. The Balaban J connectivity index is 2.03. The van der Waals surface area contributed by atoms with Crippen molar-refractivity contribution in [2.75, 3.05) is 24.5 Å². The highest BCUT2D eigenvalue weighted by Gasteiger charge is 2.32. The van der Waals surface area contributed by atoms with E-state index in [0.29, 0.717) is 28.0 Å². The second kappa shape index (κ2) is 13.0. The van der Waals surface area contributed by atoms with Crippen LogP contribution in [-0.2, 0) is 26.2 Å². The number of carbonyl (C=O) groups is 2. The Morgan fingerprint density at radius 2 is 1.66 bits per heavy atom. The number of halogens is 2. The van der Waals surface area contributed by atoms with Crippen molar-refractivity contribution in [1.29, 1.82) is 0 Å². The van der Waals surface area contributed by atoms with Crippen LogP contribution < -0.4 is 14.4 Å². The van der Waals surface area contributed by atoms with Crippen LogP contribution in [0.4, 0.5) is 5.69 Å². The van der Waals surface area contributed by atoms with E-state index in [0.717, 1.165) is 4.31 Å². The zero-order chi connectivity index (χ0) is 27.9. The van der Waals surface area contributed by atoms with Gasteiger partial charge in [-0.1, -0.05) is 47.5 Å². The molecule has 0 radical (unpaired) electrons. The van der Waals surface area contributed by atoms with E-state index in [4.69, 9.17) is 27.9 Å². The lowest BCUT2D eigenvalue weighted by Gasteiger charge is -2.32. The molecule has 11 heteroatoms. The molecule has 0 unspecified atom stereocenters. The zero-order valence-corrected chi connectivity index (χ0v) is 23.6. The van der Waals surface area contributed by atoms with Crippen molar-refractivity contribution < 1.29 is 22.7 Å². The van der Waals surface area contributed by atoms with Gasteiger partial charge in [0.05, 0.1) is 17.2 Å². The molecule has 0 saturated carbocycles. The van der Waals surface area contributed by atoms with E-state index < -0.39 is 34.4 Å². The summed E-state index contributed by atoms with van der Waals surface area (Å²) in [4.78, 5) is 27.6. The minimum atomic E-state index is -4.15. The molecule has 1 atom stereocenters. The maximum Gasteiger partial charge on any atom is 0.264 e. The average Bonchev–Trinajstić information content (AvgIpc) is 2.91. The summed E-state index contributed by atoms with van der Waals surface area (Å²) >= 11 is 12.4. The third-order valence-electron chi connectivity index (χ3n) is 5.82. The van der Waals surface area contributed by atoms with E-state index in [-0.39, 0.29) is 17.1 Å². The predicted octanol–water partition coefficient (Wildman–Crippen LogP) is 4.75. The molecule has 0 bridgehead atoms. The van der Waals surface area contributed by atoms with Crippen molar-refractivity contribution in [2.45, 2.75) is 31.3 Å². The van der Waals surface area contributed by atoms with Gasteiger partial charge in [-0.15, -0.1) is 0 Å². The zero-order valence-electron chi connectivity index (χ0n) is 21.2. The second-order valence-electron chi connectivity index (χ2n) is 8.30. The van der Waals surface area contributed by atoms with Crippen molar-refractivity contribution >= 4 is 50.7 Å². The predicted molar refractivity (Wildman–Crippen MR) is 149 cm³/mol. The monoisotopic (exact) mass is 577 g/mol. The maximum atomic E-state index is 13.8. The number of ether oxygens (including phenoxy) is 1. The van der Waals surface area contributed by atoms with Gasteiger partial charge in [-0.2, -0.15) is 0 Å². The number of sulfonamides is 1. The van der Waals surface area contributed by atoms with Crippen molar-refractivity contribution in [1.82, 2.24) is 10.2 Å². The van der Waals surface area contributed by atoms with Crippen LogP contribution in [0.1, 0.15) is 19.4 Å². The van der Waals surface area contributed by atoms with Crippen molar-refractivity contribution in [3.63, 3.8) is 0 Å². The molecule has 3 aromatic carbocycles. The first-order valence-electron chi connectivity index (χ1n) is 11.8. The number of nitrogens with one attached hydrogen (secondary N) is 1. The summed E-state index contributed by atoms with van der Waals surface area (Å²) in [6.45, 7) is 3.26. The van der Waals surface area contributed by atoms with Gasteiger partial charge in [-0.3, -0.25) is 13.9 Å². The van der Waals surface area contributed by atoms with Crippen LogP contribution in [0, 0.1) is 0 Å². The summed E-state index contributed by atoms with van der Waals surface area (Å²) in [7, 11) is -2.68. The molecular formula is C27H29Cl2N3O5S. The lowest BCUT2D eigenvalue weighted by molar-refractivity contribution is -0.139. The molecule has 2 amide bonds. The average molecular weight is 579 g/mol. The summed E-state index contributed by atoms with van der Waals surface area (Å²) in [5.74, 6) is -0.450. The van der Waals surface area contributed by atoms with Crippen LogP contribution in [0.2, 0.25) is 10.0 Å². The van der Waals surface area contributed by atoms with Crippen LogP contribution in [-0.4, -0.2) is 51.4 Å². The molecule has 202 valence electrons. The molecule has 0 aromatic heterocycles. The number of anilines is 1. The minimum Gasteiger partial charge on any atom is -0.494 e. The quantitative estimate of drug-likeness (QED) is 0.354. The molecule has 0 fully saturated rings. The van der Waals surface area contributed by atoms with E-state index in [1.807, 2.05) is 6.92 Å². The van der Waals surface area contributed by atoms with Crippen LogP contribution in [0.5, 0.6) is 5.75 Å². The molecule has 0 aliphatic carbocycles. The molecule has 0 saturated heterocycles. The molecule has 3 aromatic rings. The SMILES string of the molecule is CCOc1ccc(N(CC(=O)N(Cc2ccc(Cl)cc2Cl)[C@H](C)C(=O)NC)S(=O)(=O)c2ccccc2)cc1. The molecule has 1 N–H and O–H groups in total. The minimum absolute atomic E-state index is 0.0216. The highest BCUT2D eigenvalue weighted by Crippen LogP contribution is 2.27. The third kappa shape index (κ3) is 6.98. The Labute approximate surface area is 233 Å². The fourth-order valence-corrected chi connectivity index (χ4v) is 5.65. The van der Waals surface area contributed by atoms with Gasteiger partial charge < -0.3 is 15.0 Å². The van der Waals surface area contributed by atoms with Crippen molar-refractivity contribution in [3.05, 3.63) is 88.4 Å². The summed E-state index contributed by atoms with van der Waals surface area (Å²) in [5.41, 5.74) is 0.821. The van der Waals surface area contributed by atoms with Gasteiger partial charge in [0, 0.05) is 23.6 Å². The van der Waals surface area contributed by atoms with E-state index in [2.05, 4.69) is 5.32 Å². The molecule has 3 rings (SSSR count). The third-order valence-corrected chi connectivity index (χ3v) is 8.19. The standard InChI is InChI=1S/C27H29Cl2N3O5S/c1-4-37-23-14-12-22(13-15-23)32(38(35,36)24-8-6-5-7-9-24)18-26(33)31(19(2)27(34)30-3)17-20-10-11-21(28)16-25(20)29/h5-16,19H,4,17-18H2,1-3H3,(H,30,34)/t19-/m1/s1. The summed E-state index contributed by atoms with van der Waals surface area (Å²) in [6, 6.07) is 18.1. The summed E-state index contributed by atoms with van der Waals surface area (Å²) in [6.07, 6.45) is 0. The molecule has 0 heterocycles. The second-order valence-corrected chi connectivity index (χ2v) is 11.0. The number of amides is 2. The lowest BCUT2D eigenvalue weighted by atomic mass is 10.1. The van der Waals surface area contributed by atoms with Gasteiger partial charge in [-0.25, -0.2) is 8.42 Å². The first kappa shape index (κ1) is 29.3. The topological polar surface area (TPSA) is 96.0 Å². The molecular weight excluding hydrogens is 549 g/mol. The van der Waals surface area contributed by atoms with Gasteiger partial charge in [0.2, 0.25) is 11.8 Å². The number of hydrogen-bond acceptors (Lipinski definition) is 5. The van der Waals surface area contributed by atoms with Gasteiger partial charge >= 0.3 is 0 Å². The fourth-order valence-electron chi connectivity index (χ4n) is 3.75. The van der Waals surface area contributed by atoms with Gasteiger partial charge in [0.15, 0.2) is 0 Å². The molecule has 0 aliphatic rings. The van der Waals surface area contributed by atoms with Crippen molar-refractivity contribution in [3.8, 4) is 5.75 Å². The largest absolute Gasteiger partial charge is 0.494 e. The van der Waals surface area contributed by atoms with Gasteiger partial charge in [-0.05, 0) is 67.9 Å². The Hall–Kier alpha value is -3.27. The highest BCUT2D eigenvalue weighted by molar-refractivity contribution is 7.92. The summed E-state index contributed by atoms with van der Waals surface area (Å²) in [5, 5.41) is 3.28. The molecule has 38 heavy (non-hydrogen) atoms. The van der Waals surface area contributed by atoms with Gasteiger partial charge in [0.1, 0.15) is 18.3 Å².